The second-order valence-corrected chi connectivity index (χ2v) is 7.87. The quantitative estimate of drug-likeness (QED) is 0.512. The minimum atomic E-state index is -0.149. The molecule has 2 amide bonds. The van der Waals surface area contributed by atoms with Crippen LogP contribution >= 0.6 is 0 Å². The van der Waals surface area contributed by atoms with E-state index in [1.807, 2.05) is 36.4 Å². The van der Waals surface area contributed by atoms with Crippen molar-refractivity contribution in [3.05, 3.63) is 90.3 Å². The van der Waals surface area contributed by atoms with E-state index < -0.39 is 0 Å². The Labute approximate surface area is 190 Å². The lowest BCUT2D eigenvalue weighted by atomic mass is 10.1. The molecule has 0 radical (unpaired) electrons. The van der Waals surface area contributed by atoms with Gasteiger partial charge >= 0.3 is 0 Å². The van der Waals surface area contributed by atoms with Crippen molar-refractivity contribution in [2.24, 2.45) is 0 Å². The number of furan rings is 1. The first kappa shape index (κ1) is 20.7. The minimum absolute atomic E-state index is 0.0990. The van der Waals surface area contributed by atoms with Gasteiger partial charge in [0.25, 0.3) is 11.8 Å². The van der Waals surface area contributed by atoms with E-state index in [2.05, 4.69) is 20.2 Å². The first-order valence-corrected chi connectivity index (χ1v) is 10.8. The number of carbonyl (C=O) groups is 2. The van der Waals surface area contributed by atoms with Gasteiger partial charge in [0.15, 0.2) is 5.76 Å². The SMILES string of the molecule is O=C(NCc1cccnc1)c1ccc2ccnc(N3CCN(C(=O)c4ccco4)CC3)c2c1. The van der Waals surface area contributed by atoms with E-state index >= 15 is 0 Å². The number of fused-ring (bicyclic) bond motifs is 1. The van der Waals surface area contributed by atoms with Crippen molar-refractivity contribution >= 4 is 28.4 Å². The summed E-state index contributed by atoms with van der Waals surface area (Å²) in [5, 5.41) is 4.87. The standard InChI is InChI=1S/C25H23N5O3/c31-24(28-17-18-3-1-8-26-16-18)20-6-5-19-7-9-27-23(21(19)15-20)29-10-12-30(13-11-29)25(32)22-4-2-14-33-22/h1-9,14-16H,10-13,17H2,(H,28,31). The maximum atomic E-state index is 12.8. The molecule has 1 aliphatic rings. The molecule has 0 spiro atoms. The van der Waals surface area contributed by atoms with Crippen molar-refractivity contribution in [1.82, 2.24) is 20.2 Å². The fourth-order valence-corrected chi connectivity index (χ4v) is 4.01. The average Bonchev–Trinajstić information content (AvgIpc) is 3.42. The highest BCUT2D eigenvalue weighted by atomic mass is 16.3. The van der Waals surface area contributed by atoms with Crippen molar-refractivity contribution in [1.29, 1.82) is 0 Å². The smallest absolute Gasteiger partial charge is 0.289 e. The Kier molecular flexibility index (Phi) is 5.72. The van der Waals surface area contributed by atoms with Gasteiger partial charge in [-0.25, -0.2) is 4.98 Å². The summed E-state index contributed by atoms with van der Waals surface area (Å²) >= 11 is 0. The van der Waals surface area contributed by atoms with Gasteiger partial charge in [-0.3, -0.25) is 14.6 Å². The van der Waals surface area contributed by atoms with Gasteiger partial charge in [-0.1, -0.05) is 12.1 Å². The summed E-state index contributed by atoms with van der Waals surface area (Å²) in [7, 11) is 0. The van der Waals surface area contributed by atoms with Gasteiger partial charge in [-0.05, 0) is 47.3 Å². The predicted octanol–water partition coefficient (Wildman–Crippen LogP) is 3.12. The molecule has 4 heterocycles. The largest absolute Gasteiger partial charge is 0.459 e. The second-order valence-electron chi connectivity index (χ2n) is 7.87. The molecule has 1 aromatic carbocycles. The lowest BCUT2D eigenvalue weighted by molar-refractivity contribution is 0.0714. The lowest BCUT2D eigenvalue weighted by Gasteiger charge is -2.35. The molecular formula is C25H23N5O3. The van der Waals surface area contributed by atoms with Crippen LogP contribution in [0.15, 0.2) is 77.8 Å². The van der Waals surface area contributed by atoms with E-state index in [1.54, 1.807) is 35.6 Å². The number of carbonyl (C=O) groups excluding carboxylic acids is 2. The molecule has 1 N–H and O–H groups in total. The number of nitrogens with zero attached hydrogens (tertiary/aromatic N) is 4. The summed E-state index contributed by atoms with van der Waals surface area (Å²) in [4.78, 5) is 37.9. The van der Waals surface area contributed by atoms with Crippen molar-refractivity contribution in [2.75, 3.05) is 31.1 Å². The van der Waals surface area contributed by atoms with Crippen LogP contribution in [0.3, 0.4) is 0 Å². The lowest BCUT2D eigenvalue weighted by Crippen LogP contribution is -2.49. The molecule has 1 aliphatic heterocycles. The van der Waals surface area contributed by atoms with Crippen LogP contribution in [0.1, 0.15) is 26.5 Å². The van der Waals surface area contributed by atoms with Crippen molar-refractivity contribution in [3.63, 3.8) is 0 Å². The highest BCUT2D eigenvalue weighted by molar-refractivity contribution is 6.01. The van der Waals surface area contributed by atoms with Crippen LogP contribution in [-0.2, 0) is 6.54 Å². The molecule has 0 bridgehead atoms. The summed E-state index contributed by atoms with van der Waals surface area (Å²) in [5.41, 5.74) is 1.52. The number of aromatic nitrogens is 2. The van der Waals surface area contributed by atoms with Gasteiger partial charge in [0.05, 0.1) is 6.26 Å². The Morgan fingerprint density at radius 1 is 1.00 bits per heavy atom. The number of rotatable bonds is 5. The van der Waals surface area contributed by atoms with Crippen LogP contribution in [0.5, 0.6) is 0 Å². The number of pyridine rings is 2. The molecule has 166 valence electrons. The van der Waals surface area contributed by atoms with Crippen LogP contribution in [0.25, 0.3) is 10.8 Å². The fourth-order valence-electron chi connectivity index (χ4n) is 4.01. The van der Waals surface area contributed by atoms with Gasteiger partial charge in [0, 0.05) is 62.3 Å². The van der Waals surface area contributed by atoms with Gasteiger partial charge in [0.2, 0.25) is 0 Å². The predicted molar refractivity (Wildman–Crippen MR) is 124 cm³/mol. The summed E-state index contributed by atoms with van der Waals surface area (Å²) in [6.07, 6.45) is 6.73. The van der Waals surface area contributed by atoms with E-state index in [0.717, 1.165) is 22.2 Å². The van der Waals surface area contributed by atoms with Gasteiger partial charge in [-0.2, -0.15) is 0 Å². The molecule has 4 aromatic rings. The number of benzene rings is 1. The van der Waals surface area contributed by atoms with Crippen molar-refractivity contribution < 1.29 is 14.0 Å². The second kappa shape index (κ2) is 9.12. The fraction of sp³-hybridized carbons (Fsp3) is 0.200. The van der Waals surface area contributed by atoms with Crippen molar-refractivity contribution in [3.8, 4) is 0 Å². The topological polar surface area (TPSA) is 91.6 Å². The van der Waals surface area contributed by atoms with E-state index in [-0.39, 0.29) is 11.8 Å². The van der Waals surface area contributed by atoms with Crippen molar-refractivity contribution in [2.45, 2.75) is 6.54 Å². The van der Waals surface area contributed by atoms with E-state index in [9.17, 15) is 9.59 Å². The summed E-state index contributed by atoms with van der Waals surface area (Å²) in [6, 6.07) is 14.8. The third kappa shape index (κ3) is 4.41. The third-order valence-electron chi connectivity index (χ3n) is 5.78. The summed E-state index contributed by atoms with van der Waals surface area (Å²) < 4.78 is 5.24. The molecule has 1 saturated heterocycles. The number of piperazine rings is 1. The summed E-state index contributed by atoms with van der Waals surface area (Å²) in [6.45, 7) is 2.86. The van der Waals surface area contributed by atoms with Crippen LogP contribution in [0, 0.1) is 0 Å². The van der Waals surface area contributed by atoms with E-state index in [0.29, 0.717) is 44.0 Å². The average molecular weight is 441 g/mol. The highest BCUT2D eigenvalue weighted by Crippen LogP contribution is 2.27. The third-order valence-corrected chi connectivity index (χ3v) is 5.78. The van der Waals surface area contributed by atoms with Crippen LogP contribution in [0.2, 0.25) is 0 Å². The maximum absolute atomic E-state index is 12.8. The molecule has 0 unspecified atom stereocenters. The molecule has 0 saturated carbocycles. The first-order chi connectivity index (χ1) is 16.2. The van der Waals surface area contributed by atoms with E-state index in [4.69, 9.17) is 4.42 Å². The Balaban J connectivity index is 1.31. The molecular weight excluding hydrogens is 418 g/mol. The number of nitrogens with one attached hydrogen (secondary N) is 1. The Hall–Kier alpha value is -4.20. The van der Waals surface area contributed by atoms with Crippen LogP contribution in [-0.4, -0.2) is 52.9 Å². The molecule has 0 aliphatic carbocycles. The number of anilines is 1. The molecule has 1 fully saturated rings. The first-order valence-electron chi connectivity index (χ1n) is 10.8. The highest BCUT2D eigenvalue weighted by Gasteiger charge is 2.25. The maximum Gasteiger partial charge on any atom is 0.289 e. The van der Waals surface area contributed by atoms with E-state index in [1.165, 1.54) is 6.26 Å². The number of amides is 2. The molecule has 8 nitrogen and oxygen atoms in total. The monoisotopic (exact) mass is 441 g/mol. The Morgan fingerprint density at radius 2 is 1.88 bits per heavy atom. The minimum Gasteiger partial charge on any atom is -0.459 e. The zero-order valence-corrected chi connectivity index (χ0v) is 18.0. The molecule has 0 atom stereocenters. The molecule has 3 aromatic heterocycles. The van der Waals surface area contributed by atoms with Gasteiger partial charge < -0.3 is 19.5 Å². The zero-order valence-electron chi connectivity index (χ0n) is 18.0. The van der Waals surface area contributed by atoms with Gasteiger partial charge in [-0.15, -0.1) is 0 Å². The molecule has 33 heavy (non-hydrogen) atoms. The van der Waals surface area contributed by atoms with Gasteiger partial charge in [0.1, 0.15) is 5.82 Å². The summed E-state index contributed by atoms with van der Waals surface area (Å²) in [5.74, 6) is 0.927. The number of hydrogen-bond donors (Lipinski definition) is 1. The van der Waals surface area contributed by atoms with Crippen LogP contribution < -0.4 is 10.2 Å². The Morgan fingerprint density at radius 3 is 2.64 bits per heavy atom. The normalized spacial score (nSPS) is 13.8. The van der Waals surface area contributed by atoms with Crippen LogP contribution in [0.4, 0.5) is 5.82 Å². The Bertz CT molecular complexity index is 1270. The molecule has 5 rings (SSSR count). The number of hydrogen-bond acceptors (Lipinski definition) is 6. The zero-order chi connectivity index (χ0) is 22.6. The molecule has 8 heteroatoms.